The zero-order chi connectivity index (χ0) is 20.9. The highest BCUT2D eigenvalue weighted by molar-refractivity contribution is 6.17. The second kappa shape index (κ2) is 6.71. The van der Waals surface area contributed by atoms with E-state index in [9.17, 15) is 9.59 Å². The summed E-state index contributed by atoms with van der Waals surface area (Å²) in [5.74, 6) is 0.0434. The fourth-order valence-electron chi connectivity index (χ4n) is 4.24. The lowest BCUT2D eigenvalue weighted by Crippen LogP contribution is -2.59. The van der Waals surface area contributed by atoms with Gasteiger partial charge in [0.25, 0.3) is 17.5 Å². The Balaban J connectivity index is 1.73. The third-order valence-corrected chi connectivity index (χ3v) is 5.75. The van der Waals surface area contributed by atoms with Gasteiger partial charge in [0.15, 0.2) is 0 Å². The van der Waals surface area contributed by atoms with Crippen molar-refractivity contribution >= 4 is 23.2 Å². The van der Waals surface area contributed by atoms with E-state index >= 15 is 0 Å². The number of fused-ring (bicyclic) bond motifs is 3. The van der Waals surface area contributed by atoms with Crippen LogP contribution in [0.5, 0.6) is 5.75 Å². The number of methoxy groups -OCH3 is 1. The van der Waals surface area contributed by atoms with Crippen LogP contribution >= 0.6 is 0 Å². The van der Waals surface area contributed by atoms with Crippen molar-refractivity contribution in [1.82, 2.24) is 0 Å². The monoisotopic (exact) mass is 400 g/mol. The molecule has 0 N–H and O–H groups in total. The molecule has 0 aliphatic carbocycles. The molecule has 0 fully saturated rings. The summed E-state index contributed by atoms with van der Waals surface area (Å²) in [6.45, 7) is 0.233. The maximum Gasteiger partial charge on any atom is 0.285 e. The summed E-state index contributed by atoms with van der Waals surface area (Å²) in [5, 5.41) is 0. The number of carbonyl (C=O) groups is 2. The van der Waals surface area contributed by atoms with Crippen LogP contribution in [0.15, 0.2) is 72.8 Å². The number of anilines is 2. The fourth-order valence-corrected chi connectivity index (χ4v) is 4.24. The summed E-state index contributed by atoms with van der Waals surface area (Å²) in [5.41, 5.74) is 1.81. The molecule has 0 radical (unpaired) electrons. The Morgan fingerprint density at radius 3 is 2.37 bits per heavy atom. The van der Waals surface area contributed by atoms with Crippen LogP contribution in [0.1, 0.15) is 21.5 Å². The largest absolute Gasteiger partial charge is 0.497 e. The number of likely N-dealkylation sites (N-methyl/N-ethyl adjacent to an activating group) is 1. The lowest BCUT2D eigenvalue weighted by Gasteiger charge is -2.43. The van der Waals surface area contributed by atoms with E-state index in [-0.39, 0.29) is 18.4 Å². The van der Waals surface area contributed by atoms with E-state index in [0.29, 0.717) is 22.6 Å². The zero-order valence-electron chi connectivity index (χ0n) is 16.7. The van der Waals surface area contributed by atoms with Gasteiger partial charge in [-0.05, 0) is 36.4 Å². The summed E-state index contributed by atoms with van der Waals surface area (Å²) >= 11 is 0. The van der Waals surface area contributed by atoms with Crippen LogP contribution in [-0.2, 0) is 21.9 Å². The fraction of sp³-hybridized carbons (Fsp3) is 0.167. The normalized spacial score (nSPS) is 19.6. The van der Waals surface area contributed by atoms with Crippen molar-refractivity contribution < 1.29 is 19.1 Å². The Bertz CT molecular complexity index is 1160. The molecule has 1 unspecified atom stereocenters. The van der Waals surface area contributed by atoms with Gasteiger partial charge in [0, 0.05) is 23.7 Å². The van der Waals surface area contributed by atoms with Crippen molar-refractivity contribution in [2.45, 2.75) is 12.3 Å². The molecule has 3 aromatic rings. The smallest absolute Gasteiger partial charge is 0.285 e. The van der Waals surface area contributed by atoms with Crippen molar-refractivity contribution in [1.29, 1.82) is 0 Å². The molecule has 0 saturated heterocycles. The maximum atomic E-state index is 13.8. The third-order valence-electron chi connectivity index (χ3n) is 5.75. The second-order valence-corrected chi connectivity index (χ2v) is 7.31. The van der Waals surface area contributed by atoms with E-state index in [1.807, 2.05) is 48.5 Å². The average molecular weight is 400 g/mol. The van der Waals surface area contributed by atoms with Crippen molar-refractivity contribution in [3.63, 3.8) is 0 Å². The standard InChI is InChI=1S/C24H20N2O4/c1-25-21-10-6-4-8-19(21)24(23(25)28)26(20-9-5-3-7-17(20)15-30-24)22(27)16-11-13-18(29-2)14-12-16/h3-14H,15H2,1-2H3. The number of hydrogen-bond acceptors (Lipinski definition) is 4. The molecular weight excluding hydrogens is 380 g/mol. The van der Waals surface area contributed by atoms with E-state index in [0.717, 1.165) is 11.3 Å². The topological polar surface area (TPSA) is 59.1 Å². The van der Waals surface area contributed by atoms with E-state index in [2.05, 4.69) is 0 Å². The molecule has 2 aliphatic rings. The molecule has 2 aliphatic heterocycles. The van der Waals surface area contributed by atoms with Crippen LogP contribution in [0.2, 0.25) is 0 Å². The first-order valence-electron chi connectivity index (χ1n) is 9.66. The number of para-hydroxylation sites is 2. The number of hydrogen-bond donors (Lipinski definition) is 0. The highest BCUT2D eigenvalue weighted by Gasteiger charge is 2.59. The molecular formula is C24H20N2O4. The quantitative estimate of drug-likeness (QED) is 0.658. The van der Waals surface area contributed by atoms with Crippen molar-refractivity contribution in [2.75, 3.05) is 24.0 Å². The molecule has 2 amide bonds. The average Bonchev–Trinajstić information content (AvgIpc) is 3.01. The predicted molar refractivity (Wildman–Crippen MR) is 113 cm³/mol. The third kappa shape index (κ3) is 2.40. The number of rotatable bonds is 2. The number of amides is 2. The minimum absolute atomic E-state index is 0.233. The highest BCUT2D eigenvalue weighted by atomic mass is 16.5. The van der Waals surface area contributed by atoms with Gasteiger partial charge in [-0.15, -0.1) is 0 Å². The van der Waals surface area contributed by atoms with Crippen LogP contribution in [0.3, 0.4) is 0 Å². The van der Waals surface area contributed by atoms with Gasteiger partial charge < -0.3 is 14.4 Å². The Hall–Kier alpha value is -3.64. The zero-order valence-corrected chi connectivity index (χ0v) is 16.7. The summed E-state index contributed by atoms with van der Waals surface area (Å²) in [6.07, 6.45) is 0. The van der Waals surface area contributed by atoms with Crippen molar-refractivity contribution in [2.24, 2.45) is 0 Å². The minimum Gasteiger partial charge on any atom is -0.497 e. The van der Waals surface area contributed by atoms with Crippen LogP contribution in [0.25, 0.3) is 0 Å². The first-order chi connectivity index (χ1) is 14.6. The first-order valence-corrected chi connectivity index (χ1v) is 9.66. The Morgan fingerprint density at radius 1 is 0.967 bits per heavy atom. The van der Waals surface area contributed by atoms with E-state index in [4.69, 9.17) is 9.47 Å². The predicted octanol–water partition coefficient (Wildman–Crippen LogP) is 3.70. The molecule has 0 aromatic heterocycles. The first kappa shape index (κ1) is 18.4. The van der Waals surface area contributed by atoms with Gasteiger partial charge in [-0.3, -0.25) is 14.5 Å². The van der Waals surface area contributed by atoms with Gasteiger partial charge in [0.2, 0.25) is 0 Å². The van der Waals surface area contributed by atoms with E-state index < -0.39 is 5.72 Å². The Morgan fingerprint density at radius 2 is 1.63 bits per heavy atom. The number of nitrogens with zero attached hydrogens (tertiary/aromatic N) is 2. The summed E-state index contributed by atoms with van der Waals surface area (Å²) < 4.78 is 11.5. The summed E-state index contributed by atoms with van der Waals surface area (Å²) in [4.78, 5) is 30.5. The Labute approximate surface area is 174 Å². The Kier molecular flexibility index (Phi) is 4.11. The minimum atomic E-state index is -1.54. The van der Waals surface area contributed by atoms with E-state index in [1.54, 1.807) is 43.3 Å². The molecule has 6 nitrogen and oxygen atoms in total. The van der Waals surface area contributed by atoms with Crippen LogP contribution < -0.4 is 14.5 Å². The van der Waals surface area contributed by atoms with Crippen LogP contribution in [-0.4, -0.2) is 26.0 Å². The van der Waals surface area contributed by atoms with Gasteiger partial charge in [-0.1, -0.05) is 36.4 Å². The molecule has 3 aromatic carbocycles. The molecule has 5 rings (SSSR count). The van der Waals surface area contributed by atoms with Gasteiger partial charge >= 0.3 is 0 Å². The number of carbonyl (C=O) groups excluding carboxylic acids is 2. The molecule has 2 heterocycles. The molecule has 1 spiro atoms. The lowest BCUT2D eigenvalue weighted by molar-refractivity contribution is -0.146. The summed E-state index contributed by atoms with van der Waals surface area (Å²) in [6, 6.07) is 21.8. The van der Waals surface area contributed by atoms with Crippen molar-refractivity contribution in [3.8, 4) is 5.75 Å². The van der Waals surface area contributed by atoms with E-state index in [1.165, 1.54) is 4.90 Å². The lowest BCUT2D eigenvalue weighted by atomic mass is 9.96. The van der Waals surface area contributed by atoms with Gasteiger partial charge in [0.1, 0.15) is 5.75 Å². The van der Waals surface area contributed by atoms with Crippen molar-refractivity contribution in [3.05, 3.63) is 89.5 Å². The molecule has 150 valence electrons. The molecule has 1 atom stereocenters. The molecule has 0 saturated carbocycles. The molecule has 30 heavy (non-hydrogen) atoms. The van der Waals surface area contributed by atoms with Crippen LogP contribution in [0, 0.1) is 0 Å². The highest BCUT2D eigenvalue weighted by Crippen LogP contribution is 2.50. The SMILES string of the molecule is COc1ccc(C(=O)N2c3ccccc3COC23C(=O)N(C)c2ccccc23)cc1. The maximum absolute atomic E-state index is 13.8. The number of ether oxygens (including phenoxy) is 2. The number of benzene rings is 3. The molecule has 6 heteroatoms. The molecule has 0 bridgehead atoms. The van der Waals surface area contributed by atoms with Gasteiger partial charge in [-0.2, -0.15) is 0 Å². The van der Waals surface area contributed by atoms with Gasteiger partial charge in [0.05, 0.1) is 25.1 Å². The summed E-state index contributed by atoms with van der Waals surface area (Å²) in [7, 11) is 3.28. The van der Waals surface area contributed by atoms with Gasteiger partial charge in [-0.25, -0.2) is 0 Å². The van der Waals surface area contributed by atoms with Crippen LogP contribution in [0.4, 0.5) is 11.4 Å². The second-order valence-electron chi connectivity index (χ2n) is 7.31.